The lowest BCUT2D eigenvalue weighted by Gasteiger charge is -2.12. The lowest BCUT2D eigenvalue weighted by Crippen LogP contribution is -2.17. The van der Waals surface area contributed by atoms with Gasteiger partial charge in [-0.1, -0.05) is 5.21 Å². The average Bonchev–Trinajstić information content (AvgIpc) is 2.56. The van der Waals surface area contributed by atoms with E-state index in [0.29, 0.717) is 15.9 Å². The number of hydrogen-bond donors (Lipinski definition) is 1. The van der Waals surface area contributed by atoms with E-state index in [-0.39, 0.29) is 0 Å². The van der Waals surface area contributed by atoms with Gasteiger partial charge in [-0.2, -0.15) is 0 Å². The van der Waals surface area contributed by atoms with Crippen molar-refractivity contribution in [3.63, 3.8) is 0 Å². The average molecular weight is 303 g/mol. The molecule has 7 heteroatoms. The first kappa shape index (κ1) is 12.1. The minimum atomic E-state index is -0.699. The molecule has 0 aliphatic heterocycles. The zero-order valence-corrected chi connectivity index (χ0v) is 10.4. The molecule has 0 spiro atoms. The van der Waals surface area contributed by atoms with Gasteiger partial charge in [0.2, 0.25) is 0 Å². The Morgan fingerprint density at radius 1 is 1.29 bits per heavy atom. The predicted octanol–water partition coefficient (Wildman–Crippen LogP) is 1.90. The highest BCUT2D eigenvalue weighted by molar-refractivity contribution is 9.10. The van der Waals surface area contributed by atoms with Crippen molar-refractivity contribution in [1.29, 1.82) is 0 Å². The van der Waals surface area contributed by atoms with Crippen molar-refractivity contribution in [2.24, 2.45) is 12.8 Å². The third-order valence-electron chi connectivity index (χ3n) is 2.37. The highest BCUT2D eigenvalue weighted by Crippen LogP contribution is 2.25. The maximum absolute atomic E-state index is 13.1. The van der Waals surface area contributed by atoms with Crippen LogP contribution in [0.25, 0.3) is 0 Å². The molecule has 2 N–H and O–H groups in total. The quantitative estimate of drug-likeness (QED) is 0.922. The van der Waals surface area contributed by atoms with Crippen LogP contribution in [0.5, 0.6) is 0 Å². The van der Waals surface area contributed by atoms with Gasteiger partial charge in [0.25, 0.3) is 0 Å². The van der Waals surface area contributed by atoms with Crippen LogP contribution >= 0.6 is 15.9 Å². The molecule has 2 aromatic rings. The van der Waals surface area contributed by atoms with Gasteiger partial charge in [0, 0.05) is 13.1 Å². The maximum Gasteiger partial charge on any atom is 0.153 e. The number of benzene rings is 1. The standard InChI is InChI=1S/C10H9BrF2N4/c1-17-9(10(11)15-16-17)8(14)5-2-6(12)4-7(13)3-5/h2-4,8H,14H2,1H3. The number of halogens is 3. The monoisotopic (exact) mass is 302 g/mol. The highest BCUT2D eigenvalue weighted by Gasteiger charge is 2.19. The van der Waals surface area contributed by atoms with Crippen molar-refractivity contribution in [2.45, 2.75) is 6.04 Å². The minimum Gasteiger partial charge on any atom is -0.319 e. The summed E-state index contributed by atoms with van der Waals surface area (Å²) in [5, 5.41) is 7.53. The first-order valence-electron chi connectivity index (χ1n) is 4.75. The normalized spacial score (nSPS) is 12.8. The molecule has 0 bridgehead atoms. The zero-order chi connectivity index (χ0) is 12.6. The van der Waals surface area contributed by atoms with Gasteiger partial charge < -0.3 is 5.73 Å². The molecule has 0 saturated heterocycles. The third-order valence-corrected chi connectivity index (χ3v) is 2.93. The van der Waals surface area contributed by atoms with Crippen molar-refractivity contribution in [3.05, 3.63) is 45.7 Å². The second-order valence-corrected chi connectivity index (χ2v) is 4.32. The van der Waals surface area contributed by atoms with Gasteiger partial charge in [-0.3, -0.25) is 0 Å². The number of aromatic nitrogens is 3. The molecule has 1 aromatic carbocycles. The smallest absolute Gasteiger partial charge is 0.153 e. The number of nitrogens with two attached hydrogens (primary N) is 1. The molecular weight excluding hydrogens is 294 g/mol. The van der Waals surface area contributed by atoms with Crippen molar-refractivity contribution in [2.75, 3.05) is 0 Å². The third kappa shape index (κ3) is 2.34. The SMILES string of the molecule is Cn1nnc(Br)c1C(N)c1cc(F)cc(F)c1. The van der Waals surface area contributed by atoms with Crippen molar-refractivity contribution in [3.8, 4) is 0 Å². The molecule has 0 radical (unpaired) electrons. The van der Waals surface area contributed by atoms with Crippen LogP contribution in [0.15, 0.2) is 22.8 Å². The number of aryl methyl sites for hydroxylation is 1. The van der Waals surface area contributed by atoms with E-state index >= 15 is 0 Å². The van der Waals surface area contributed by atoms with Crippen molar-refractivity contribution < 1.29 is 8.78 Å². The van der Waals surface area contributed by atoms with Gasteiger partial charge >= 0.3 is 0 Å². The molecule has 1 atom stereocenters. The Kier molecular flexibility index (Phi) is 3.21. The Labute approximate surface area is 105 Å². The van der Waals surface area contributed by atoms with Crippen LogP contribution in [0.2, 0.25) is 0 Å². The van der Waals surface area contributed by atoms with Crippen LogP contribution in [0.1, 0.15) is 17.3 Å². The molecule has 0 aliphatic carbocycles. The molecule has 1 aromatic heterocycles. The molecule has 0 amide bonds. The van der Waals surface area contributed by atoms with Crippen molar-refractivity contribution >= 4 is 15.9 Å². The summed E-state index contributed by atoms with van der Waals surface area (Å²) in [6, 6.07) is 2.47. The summed E-state index contributed by atoms with van der Waals surface area (Å²) in [5.41, 5.74) is 6.81. The lowest BCUT2D eigenvalue weighted by molar-refractivity contribution is 0.574. The van der Waals surface area contributed by atoms with Gasteiger partial charge in [0.15, 0.2) is 4.60 Å². The van der Waals surface area contributed by atoms with Crippen LogP contribution in [-0.2, 0) is 7.05 Å². The lowest BCUT2D eigenvalue weighted by atomic mass is 10.0. The van der Waals surface area contributed by atoms with Crippen LogP contribution in [0, 0.1) is 11.6 Å². The van der Waals surface area contributed by atoms with E-state index in [1.807, 2.05) is 0 Å². The summed E-state index contributed by atoms with van der Waals surface area (Å²) in [4.78, 5) is 0. The first-order valence-corrected chi connectivity index (χ1v) is 5.55. The molecule has 1 unspecified atom stereocenters. The topological polar surface area (TPSA) is 56.7 Å². The molecule has 0 fully saturated rings. The number of nitrogens with zero attached hydrogens (tertiary/aromatic N) is 3. The van der Waals surface area contributed by atoms with E-state index in [1.165, 1.54) is 16.8 Å². The molecule has 0 aliphatic rings. The highest BCUT2D eigenvalue weighted by atomic mass is 79.9. The van der Waals surface area contributed by atoms with Crippen LogP contribution < -0.4 is 5.73 Å². The van der Waals surface area contributed by atoms with Crippen LogP contribution in [0.4, 0.5) is 8.78 Å². The van der Waals surface area contributed by atoms with E-state index in [2.05, 4.69) is 26.2 Å². The Bertz CT molecular complexity index is 515. The first-order chi connectivity index (χ1) is 7.99. The summed E-state index contributed by atoms with van der Waals surface area (Å²) >= 11 is 3.19. The van der Waals surface area contributed by atoms with E-state index in [4.69, 9.17) is 5.73 Å². The summed E-state index contributed by atoms with van der Waals surface area (Å²) in [6.07, 6.45) is 0. The number of hydrogen-bond acceptors (Lipinski definition) is 3. The molecule has 1 heterocycles. The van der Waals surface area contributed by atoms with Gasteiger partial charge in [-0.25, -0.2) is 13.5 Å². The molecule has 2 rings (SSSR count). The zero-order valence-electron chi connectivity index (χ0n) is 8.86. The van der Waals surface area contributed by atoms with Gasteiger partial charge in [0.1, 0.15) is 11.6 Å². The summed E-state index contributed by atoms with van der Waals surface area (Å²) in [6.45, 7) is 0. The molecular formula is C10H9BrF2N4. The minimum absolute atomic E-state index is 0.327. The molecule has 17 heavy (non-hydrogen) atoms. The van der Waals surface area contributed by atoms with Gasteiger partial charge in [-0.15, -0.1) is 5.10 Å². The van der Waals surface area contributed by atoms with Crippen LogP contribution in [-0.4, -0.2) is 15.0 Å². The van der Waals surface area contributed by atoms with Crippen LogP contribution in [0.3, 0.4) is 0 Å². The molecule has 90 valence electrons. The van der Waals surface area contributed by atoms with E-state index in [9.17, 15) is 8.78 Å². The van der Waals surface area contributed by atoms with E-state index < -0.39 is 17.7 Å². The van der Waals surface area contributed by atoms with Crippen molar-refractivity contribution in [1.82, 2.24) is 15.0 Å². The molecule has 0 saturated carbocycles. The Morgan fingerprint density at radius 2 is 1.88 bits per heavy atom. The Morgan fingerprint density at radius 3 is 2.35 bits per heavy atom. The van der Waals surface area contributed by atoms with Gasteiger partial charge in [-0.05, 0) is 33.6 Å². The fourth-order valence-electron chi connectivity index (χ4n) is 1.58. The second kappa shape index (κ2) is 4.50. The second-order valence-electron chi connectivity index (χ2n) is 3.57. The van der Waals surface area contributed by atoms with Gasteiger partial charge in [0.05, 0.1) is 11.7 Å². The fraction of sp³-hybridized carbons (Fsp3) is 0.200. The fourth-order valence-corrected chi connectivity index (χ4v) is 2.16. The Hall–Kier alpha value is -1.34. The summed E-state index contributed by atoms with van der Waals surface area (Å²) < 4.78 is 28.1. The number of rotatable bonds is 2. The maximum atomic E-state index is 13.1. The van der Waals surface area contributed by atoms with E-state index in [0.717, 1.165) is 6.07 Å². The summed E-state index contributed by atoms with van der Waals surface area (Å²) in [7, 11) is 1.66. The Balaban J connectivity index is 2.47. The van der Waals surface area contributed by atoms with E-state index in [1.54, 1.807) is 7.05 Å². The largest absolute Gasteiger partial charge is 0.319 e. The predicted molar refractivity (Wildman–Crippen MR) is 61.1 cm³/mol. The summed E-state index contributed by atoms with van der Waals surface area (Å²) in [5.74, 6) is -1.33. The molecule has 4 nitrogen and oxygen atoms in total.